The number of fused-ring (bicyclic) bond motifs is 1. The number of carbonyl (C=O) groups is 1. The molecule has 15 heavy (non-hydrogen) atoms. The van der Waals surface area contributed by atoms with Gasteiger partial charge in [0.25, 0.3) is 0 Å². The Hall–Kier alpha value is -0.940. The Kier molecular flexibility index (Phi) is 2.52. The summed E-state index contributed by atoms with van der Waals surface area (Å²) < 4.78 is 0.940. The summed E-state index contributed by atoms with van der Waals surface area (Å²) in [4.78, 5) is 17.2. The molecule has 0 fully saturated rings. The zero-order valence-corrected chi connectivity index (χ0v) is 10.7. The predicted molar refractivity (Wildman–Crippen MR) is 66.6 cm³/mol. The van der Waals surface area contributed by atoms with Crippen LogP contribution < -0.4 is 5.73 Å². The molecule has 0 aliphatic heterocycles. The number of hydrogen-bond acceptors (Lipinski definition) is 4. The fourth-order valence-corrected chi connectivity index (χ4v) is 3.27. The molecule has 5 heteroatoms. The Bertz CT molecular complexity index is 562. The van der Waals surface area contributed by atoms with E-state index in [1.807, 2.05) is 6.92 Å². The maximum Gasteiger partial charge on any atom is 0.153 e. The maximum atomic E-state index is 10.9. The van der Waals surface area contributed by atoms with E-state index in [1.54, 1.807) is 18.3 Å². The highest BCUT2D eigenvalue weighted by Crippen LogP contribution is 2.38. The number of rotatable bonds is 1. The van der Waals surface area contributed by atoms with Crippen LogP contribution in [-0.4, -0.2) is 11.3 Å². The summed E-state index contributed by atoms with van der Waals surface area (Å²) in [5.74, 6) is 0. The molecule has 0 aromatic carbocycles. The Morgan fingerprint density at radius 2 is 2.13 bits per heavy atom. The first-order chi connectivity index (χ1) is 7.06. The van der Waals surface area contributed by atoms with E-state index >= 15 is 0 Å². The summed E-state index contributed by atoms with van der Waals surface area (Å²) >= 11 is 5.04. The van der Waals surface area contributed by atoms with Crippen molar-refractivity contribution >= 4 is 49.5 Å². The number of hydrogen-bond donors (Lipinski definition) is 1. The summed E-state index contributed by atoms with van der Waals surface area (Å²) in [5, 5.41) is 0.852. The van der Waals surface area contributed by atoms with Crippen molar-refractivity contribution in [1.29, 1.82) is 0 Å². The quantitative estimate of drug-likeness (QED) is 0.819. The van der Waals surface area contributed by atoms with Crippen molar-refractivity contribution in [3.05, 3.63) is 20.6 Å². The number of nitrogen functional groups attached to an aromatic ring is 1. The Morgan fingerprint density at radius 1 is 1.47 bits per heavy atom. The average molecular weight is 285 g/mol. The van der Waals surface area contributed by atoms with E-state index in [9.17, 15) is 4.79 Å². The first-order valence-electron chi connectivity index (χ1n) is 4.36. The van der Waals surface area contributed by atoms with Crippen molar-refractivity contribution < 1.29 is 4.79 Å². The maximum absolute atomic E-state index is 10.9. The standard InChI is InChI=1S/C10H9BrN2OS/c1-4-6(3-14)9(12)7-8(11)5(2)15-10(7)13-4/h3H,1-2H3,(H2,12,13). The number of anilines is 1. The molecule has 0 saturated heterocycles. The molecular formula is C10H9BrN2OS. The first kappa shape index (κ1) is 10.6. The number of halogens is 1. The van der Waals surface area contributed by atoms with Gasteiger partial charge < -0.3 is 5.73 Å². The molecule has 78 valence electrons. The molecule has 0 amide bonds. The molecule has 2 aromatic rings. The molecule has 3 nitrogen and oxygen atoms in total. The lowest BCUT2D eigenvalue weighted by Crippen LogP contribution is -1.99. The van der Waals surface area contributed by atoms with Gasteiger partial charge in [-0.1, -0.05) is 0 Å². The smallest absolute Gasteiger partial charge is 0.153 e. The molecule has 0 bridgehead atoms. The molecule has 2 heterocycles. The Balaban J connectivity index is 2.98. The van der Waals surface area contributed by atoms with Crippen molar-refractivity contribution in [2.75, 3.05) is 5.73 Å². The van der Waals surface area contributed by atoms with Gasteiger partial charge >= 0.3 is 0 Å². The SMILES string of the molecule is Cc1nc2sc(C)c(Br)c2c(N)c1C=O. The zero-order valence-electron chi connectivity index (χ0n) is 8.30. The average Bonchev–Trinajstić information content (AvgIpc) is 2.43. The van der Waals surface area contributed by atoms with Gasteiger partial charge in [0.1, 0.15) is 4.83 Å². The lowest BCUT2D eigenvalue weighted by molar-refractivity contribution is 0.112. The van der Waals surface area contributed by atoms with E-state index < -0.39 is 0 Å². The van der Waals surface area contributed by atoms with Crippen LogP contribution in [0.5, 0.6) is 0 Å². The van der Waals surface area contributed by atoms with Crippen LogP contribution in [0.15, 0.2) is 4.47 Å². The van der Waals surface area contributed by atoms with Crippen molar-refractivity contribution in [3.63, 3.8) is 0 Å². The van der Waals surface area contributed by atoms with E-state index in [0.717, 1.165) is 25.9 Å². The largest absolute Gasteiger partial charge is 0.397 e. The molecule has 0 atom stereocenters. The molecule has 2 aromatic heterocycles. The number of thiophene rings is 1. The third kappa shape index (κ3) is 1.46. The van der Waals surface area contributed by atoms with Crippen molar-refractivity contribution in [2.24, 2.45) is 0 Å². The van der Waals surface area contributed by atoms with Crippen LogP contribution in [0.4, 0.5) is 5.69 Å². The molecule has 0 spiro atoms. The van der Waals surface area contributed by atoms with Crippen LogP contribution in [0.25, 0.3) is 10.2 Å². The predicted octanol–water partition coefficient (Wildman–Crippen LogP) is 3.07. The summed E-state index contributed by atoms with van der Waals surface area (Å²) in [5.41, 5.74) is 7.64. The van der Waals surface area contributed by atoms with Crippen molar-refractivity contribution in [1.82, 2.24) is 4.98 Å². The number of aldehydes is 1. The molecule has 0 unspecified atom stereocenters. The van der Waals surface area contributed by atoms with Crippen LogP contribution in [-0.2, 0) is 0 Å². The van der Waals surface area contributed by atoms with Crippen LogP contribution in [0.1, 0.15) is 20.9 Å². The van der Waals surface area contributed by atoms with E-state index in [4.69, 9.17) is 5.73 Å². The third-order valence-electron chi connectivity index (χ3n) is 2.33. The molecule has 2 N–H and O–H groups in total. The van der Waals surface area contributed by atoms with Crippen molar-refractivity contribution in [3.8, 4) is 0 Å². The van der Waals surface area contributed by atoms with Crippen LogP contribution in [0.2, 0.25) is 0 Å². The number of nitrogens with two attached hydrogens (primary N) is 1. The number of nitrogens with zero attached hydrogens (tertiary/aromatic N) is 1. The van der Waals surface area contributed by atoms with Gasteiger partial charge in [0, 0.05) is 14.7 Å². The van der Waals surface area contributed by atoms with E-state index in [0.29, 0.717) is 16.9 Å². The van der Waals surface area contributed by atoms with Gasteiger partial charge in [0.2, 0.25) is 0 Å². The highest BCUT2D eigenvalue weighted by Gasteiger charge is 2.15. The lowest BCUT2D eigenvalue weighted by atomic mass is 10.1. The van der Waals surface area contributed by atoms with E-state index in [-0.39, 0.29) is 0 Å². The number of carbonyl (C=O) groups excluding carboxylic acids is 1. The fourth-order valence-electron chi connectivity index (χ4n) is 1.51. The highest BCUT2D eigenvalue weighted by molar-refractivity contribution is 9.10. The van der Waals surface area contributed by atoms with Gasteiger partial charge in [-0.3, -0.25) is 4.79 Å². The number of aromatic nitrogens is 1. The second-order valence-electron chi connectivity index (χ2n) is 3.29. The third-order valence-corrected chi connectivity index (χ3v) is 4.58. The summed E-state index contributed by atoms with van der Waals surface area (Å²) in [6.45, 7) is 3.79. The Labute approximate surface area is 99.4 Å². The van der Waals surface area contributed by atoms with E-state index in [1.165, 1.54) is 0 Å². The van der Waals surface area contributed by atoms with Gasteiger partial charge in [-0.15, -0.1) is 11.3 Å². The molecular weight excluding hydrogens is 276 g/mol. The van der Waals surface area contributed by atoms with Gasteiger partial charge in [0.05, 0.1) is 16.9 Å². The molecule has 0 radical (unpaired) electrons. The van der Waals surface area contributed by atoms with Gasteiger partial charge in [-0.25, -0.2) is 4.98 Å². The van der Waals surface area contributed by atoms with Crippen molar-refractivity contribution in [2.45, 2.75) is 13.8 Å². The van der Waals surface area contributed by atoms with Gasteiger partial charge in [-0.2, -0.15) is 0 Å². The second kappa shape index (κ2) is 3.57. The summed E-state index contributed by atoms with van der Waals surface area (Å²) in [6.07, 6.45) is 0.760. The normalized spacial score (nSPS) is 10.9. The van der Waals surface area contributed by atoms with Crippen LogP contribution in [0.3, 0.4) is 0 Å². The first-order valence-corrected chi connectivity index (χ1v) is 5.97. The summed E-state index contributed by atoms with van der Waals surface area (Å²) in [7, 11) is 0. The van der Waals surface area contributed by atoms with E-state index in [2.05, 4.69) is 20.9 Å². The fraction of sp³-hybridized carbons (Fsp3) is 0.200. The van der Waals surface area contributed by atoms with Crippen LogP contribution in [0, 0.1) is 13.8 Å². The minimum absolute atomic E-state index is 0.487. The highest BCUT2D eigenvalue weighted by atomic mass is 79.9. The van der Waals surface area contributed by atoms with Gasteiger partial charge in [-0.05, 0) is 29.8 Å². The Morgan fingerprint density at radius 3 is 2.73 bits per heavy atom. The van der Waals surface area contributed by atoms with Gasteiger partial charge in [0.15, 0.2) is 6.29 Å². The number of pyridine rings is 1. The minimum Gasteiger partial charge on any atom is -0.397 e. The minimum atomic E-state index is 0.487. The number of aryl methyl sites for hydroxylation is 2. The topological polar surface area (TPSA) is 56.0 Å². The van der Waals surface area contributed by atoms with Crippen LogP contribution >= 0.6 is 27.3 Å². The molecule has 2 rings (SSSR count). The second-order valence-corrected chi connectivity index (χ2v) is 5.29. The molecule has 0 aliphatic rings. The monoisotopic (exact) mass is 284 g/mol. The zero-order chi connectivity index (χ0) is 11.2. The summed E-state index contributed by atoms with van der Waals surface area (Å²) in [6, 6.07) is 0. The molecule has 0 saturated carbocycles. The lowest BCUT2D eigenvalue weighted by Gasteiger charge is -2.04. The molecule has 0 aliphatic carbocycles.